The third-order valence-corrected chi connectivity index (χ3v) is 5.02. The molecule has 0 fully saturated rings. The van der Waals surface area contributed by atoms with E-state index < -0.39 is 0 Å². The summed E-state index contributed by atoms with van der Waals surface area (Å²) < 4.78 is 21.8. The Morgan fingerprint density at radius 2 is 2.00 bits per heavy atom. The molecule has 2 heterocycles. The molecule has 2 aromatic carbocycles. The van der Waals surface area contributed by atoms with Crippen molar-refractivity contribution in [2.24, 2.45) is 0 Å². The number of hydrogen-bond donors (Lipinski definition) is 1. The fourth-order valence-corrected chi connectivity index (χ4v) is 3.38. The summed E-state index contributed by atoms with van der Waals surface area (Å²) in [5.74, 6) is 0.132. The Kier molecular flexibility index (Phi) is 5.90. The molecule has 0 spiro atoms. The zero-order chi connectivity index (χ0) is 20.9. The minimum atomic E-state index is -0.352. The highest BCUT2D eigenvalue weighted by molar-refractivity contribution is 5.65. The number of halogens is 1. The summed E-state index contributed by atoms with van der Waals surface area (Å²) in [7, 11) is 3.58. The number of H-pyrrole nitrogens is 1. The molecule has 0 bridgehead atoms. The van der Waals surface area contributed by atoms with E-state index in [0.717, 1.165) is 29.8 Å². The summed E-state index contributed by atoms with van der Waals surface area (Å²) in [4.78, 5) is 2.20. The Labute approximate surface area is 174 Å². The molecule has 0 saturated carbocycles. The topological polar surface area (TPSA) is 59.0 Å². The van der Waals surface area contributed by atoms with E-state index in [1.807, 2.05) is 56.0 Å². The standard InChI is InChI=1S/C23H24FN5O/c1-28(11-10-17-13-25-26-14-17)15-18-16-29(19-6-4-3-5-7-19)27-23(18)21-9-8-20(30-2)12-22(21)24/h3-9,12-14,16H,10-11,15H2,1-2H3,(H,25,26). The van der Waals surface area contributed by atoms with Gasteiger partial charge in [-0.1, -0.05) is 18.2 Å². The SMILES string of the molecule is COc1ccc(-c2nn(-c3ccccc3)cc2CN(C)CCc2cn[nH]c2)c(F)c1. The summed E-state index contributed by atoms with van der Waals surface area (Å²) in [5, 5.41) is 11.6. The van der Waals surface area contributed by atoms with Crippen LogP contribution in [0, 0.1) is 5.82 Å². The molecule has 0 saturated heterocycles. The largest absolute Gasteiger partial charge is 0.497 e. The molecule has 4 rings (SSSR count). The van der Waals surface area contributed by atoms with Crippen LogP contribution >= 0.6 is 0 Å². The number of likely N-dealkylation sites (N-methyl/N-ethyl adjacent to an activating group) is 1. The first-order valence-corrected chi connectivity index (χ1v) is 9.78. The van der Waals surface area contributed by atoms with Crippen LogP contribution in [0.4, 0.5) is 4.39 Å². The maximum absolute atomic E-state index is 14.8. The lowest BCUT2D eigenvalue weighted by Gasteiger charge is -2.16. The lowest BCUT2D eigenvalue weighted by atomic mass is 10.1. The molecule has 0 aliphatic rings. The molecule has 4 aromatic rings. The van der Waals surface area contributed by atoms with Gasteiger partial charge in [0, 0.05) is 42.7 Å². The van der Waals surface area contributed by atoms with Crippen LogP contribution in [0.3, 0.4) is 0 Å². The van der Waals surface area contributed by atoms with E-state index in [-0.39, 0.29) is 5.82 Å². The molecule has 0 atom stereocenters. The number of hydrogen-bond acceptors (Lipinski definition) is 4. The van der Waals surface area contributed by atoms with Crippen molar-refractivity contribution in [2.45, 2.75) is 13.0 Å². The van der Waals surface area contributed by atoms with Crippen LogP contribution in [0.25, 0.3) is 16.9 Å². The summed E-state index contributed by atoms with van der Waals surface area (Å²) in [6, 6.07) is 14.7. The Morgan fingerprint density at radius 3 is 2.70 bits per heavy atom. The average Bonchev–Trinajstić information content (AvgIpc) is 3.43. The summed E-state index contributed by atoms with van der Waals surface area (Å²) >= 11 is 0. The average molecular weight is 405 g/mol. The number of rotatable bonds is 8. The van der Waals surface area contributed by atoms with Crippen LogP contribution in [0.1, 0.15) is 11.1 Å². The van der Waals surface area contributed by atoms with Crippen molar-refractivity contribution < 1.29 is 9.13 Å². The molecular formula is C23H24FN5O. The fourth-order valence-electron chi connectivity index (χ4n) is 3.38. The summed E-state index contributed by atoms with van der Waals surface area (Å²) in [5.41, 5.74) is 4.14. The summed E-state index contributed by atoms with van der Waals surface area (Å²) in [6.45, 7) is 1.49. The van der Waals surface area contributed by atoms with E-state index in [4.69, 9.17) is 9.84 Å². The van der Waals surface area contributed by atoms with Crippen LogP contribution in [0.15, 0.2) is 67.1 Å². The number of para-hydroxylation sites is 1. The van der Waals surface area contributed by atoms with Crippen LogP contribution in [0.2, 0.25) is 0 Å². The molecule has 0 amide bonds. The van der Waals surface area contributed by atoms with Crippen molar-refractivity contribution in [3.63, 3.8) is 0 Å². The van der Waals surface area contributed by atoms with Crippen LogP contribution in [-0.4, -0.2) is 45.6 Å². The molecule has 6 nitrogen and oxygen atoms in total. The minimum Gasteiger partial charge on any atom is -0.497 e. The number of aromatic amines is 1. The fraction of sp³-hybridized carbons (Fsp3) is 0.217. The lowest BCUT2D eigenvalue weighted by molar-refractivity contribution is 0.331. The Bertz CT molecular complexity index is 1090. The van der Waals surface area contributed by atoms with Crippen LogP contribution < -0.4 is 4.74 Å². The monoisotopic (exact) mass is 405 g/mol. The van der Waals surface area contributed by atoms with Crippen molar-refractivity contribution in [3.05, 3.63) is 84.1 Å². The molecule has 2 aromatic heterocycles. The van der Waals surface area contributed by atoms with E-state index in [1.54, 1.807) is 16.8 Å². The smallest absolute Gasteiger partial charge is 0.136 e. The van der Waals surface area contributed by atoms with Gasteiger partial charge in [-0.2, -0.15) is 10.2 Å². The first kappa shape index (κ1) is 19.8. The highest BCUT2D eigenvalue weighted by Gasteiger charge is 2.17. The quantitative estimate of drug-likeness (QED) is 0.480. The highest BCUT2D eigenvalue weighted by atomic mass is 19.1. The van der Waals surface area contributed by atoms with Gasteiger partial charge < -0.3 is 9.64 Å². The maximum Gasteiger partial charge on any atom is 0.136 e. The zero-order valence-corrected chi connectivity index (χ0v) is 17.0. The zero-order valence-electron chi connectivity index (χ0n) is 17.0. The van der Waals surface area contributed by atoms with Gasteiger partial charge in [-0.3, -0.25) is 5.10 Å². The van der Waals surface area contributed by atoms with Gasteiger partial charge in [-0.25, -0.2) is 9.07 Å². The lowest BCUT2D eigenvalue weighted by Crippen LogP contribution is -2.20. The van der Waals surface area contributed by atoms with Crippen LogP contribution in [0.5, 0.6) is 5.75 Å². The van der Waals surface area contributed by atoms with Crippen molar-refractivity contribution in [1.82, 2.24) is 24.9 Å². The van der Waals surface area contributed by atoms with Gasteiger partial charge in [-0.05, 0) is 43.3 Å². The Hall–Kier alpha value is -3.45. The van der Waals surface area contributed by atoms with Gasteiger partial charge in [0.1, 0.15) is 17.3 Å². The molecule has 0 aliphatic heterocycles. The van der Waals surface area contributed by atoms with E-state index in [2.05, 4.69) is 15.1 Å². The van der Waals surface area contributed by atoms with Gasteiger partial charge in [0.15, 0.2) is 0 Å². The molecular weight excluding hydrogens is 381 g/mol. The van der Waals surface area contributed by atoms with Crippen molar-refractivity contribution in [1.29, 1.82) is 0 Å². The third kappa shape index (κ3) is 4.41. The first-order valence-electron chi connectivity index (χ1n) is 9.78. The van der Waals surface area contributed by atoms with Gasteiger partial charge in [-0.15, -0.1) is 0 Å². The second-order valence-corrected chi connectivity index (χ2v) is 7.22. The predicted molar refractivity (Wildman–Crippen MR) is 114 cm³/mol. The Balaban J connectivity index is 1.64. The van der Waals surface area contributed by atoms with Gasteiger partial charge >= 0.3 is 0 Å². The summed E-state index contributed by atoms with van der Waals surface area (Å²) in [6.07, 6.45) is 6.59. The maximum atomic E-state index is 14.8. The van der Waals surface area contributed by atoms with Crippen molar-refractivity contribution >= 4 is 0 Å². The normalized spacial score (nSPS) is 11.2. The highest BCUT2D eigenvalue weighted by Crippen LogP contribution is 2.29. The van der Waals surface area contributed by atoms with Crippen LogP contribution in [-0.2, 0) is 13.0 Å². The number of nitrogens with one attached hydrogen (secondary N) is 1. The molecule has 0 radical (unpaired) electrons. The minimum absolute atomic E-state index is 0.352. The second kappa shape index (κ2) is 8.92. The number of aromatic nitrogens is 4. The van der Waals surface area contributed by atoms with E-state index in [1.165, 1.54) is 13.2 Å². The first-order chi connectivity index (χ1) is 14.6. The number of methoxy groups -OCH3 is 1. The van der Waals surface area contributed by atoms with Gasteiger partial charge in [0.25, 0.3) is 0 Å². The molecule has 7 heteroatoms. The number of nitrogens with zero attached hydrogens (tertiary/aromatic N) is 4. The third-order valence-electron chi connectivity index (χ3n) is 5.02. The number of ether oxygens (including phenoxy) is 1. The molecule has 0 unspecified atom stereocenters. The van der Waals surface area contributed by atoms with Gasteiger partial charge in [0.2, 0.25) is 0 Å². The predicted octanol–water partition coefficient (Wildman–Crippen LogP) is 4.08. The van der Waals surface area contributed by atoms with Gasteiger partial charge in [0.05, 0.1) is 19.0 Å². The molecule has 30 heavy (non-hydrogen) atoms. The molecule has 1 N–H and O–H groups in total. The number of benzene rings is 2. The van der Waals surface area contributed by atoms with E-state index >= 15 is 0 Å². The van der Waals surface area contributed by atoms with Crippen molar-refractivity contribution in [2.75, 3.05) is 20.7 Å². The second-order valence-electron chi connectivity index (χ2n) is 7.22. The van der Waals surface area contributed by atoms with Crippen molar-refractivity contribution in [3.8, 4) is 22.7 Å². The Morgan fingerprint density at radius 1 is 1.17 bits per heavy atom. The molecule has 0 aliphatic carbocycles. The molecule has 154 valence electrons. The van der Waals surface area contributed by atoms with E-state index in [0.29, 0.717) is 23.6 Å². The van der Waals surface area contributed by atoms with E-state index in [9.17, 15) is 4.39 Å².